The first-order valence-electron chi connectivity index (χ1n) is 9.28. The van der Waals surface area contributed by atoms with Gasteiger partial charge < -0.3 is 14.2 Å². The van der Waals surface area contributed by atoms with Crippen LogP contribution in [0.4, 0.5) is 10.1 Å². The van der Waals surface area contributed by atoms with Crippen LogP contribution in [0.5, 0.6) is 0 Å². The van der Waals surface area contributed by atoms with Gasteiger partial charge in [0.2, 0.25) is 10.0 Å². The molecule has 1 aromatic carbocycles. The van der Waals surface area contributed by atoms with Gasteiger partial charge in [0.05, 0.1) is 5.54 Å². The zero-order valence-corrected chi connectivity index (χ0v) is 17.2. The number of ether oxygens (including phenoxy) is 1. The van der Waals surface area contributed by atoms with Crippen LogP contribution in [0.2, 0.25) is 0 Å². The second kappa shape index (κ2) is 6.89. The van der Waals surface area contributed by atoms with Crippen molar-refractivity contribution in [1.29, 1.82) is 0 Å². The van der Waals surface area contributed by atoms with E-state index < -0.39 is 27.5 Å². The monoisotopic (exact) mass is 423 g/mol. The quantitative estimate of drug-likeness (QED) is 0.699. The molecular formula is C19H22FN3O5S. The Morgan fingerprint density at radius 1 is 1.28 bits per heavy atom. The molecule has 2 saturated heterocycles. The molecule has 10 heteroatoms. The van der Waals surface area contributed by atoms with Crippen LogP contribution < -0.4 is 4.90 Å². The average molecular weight is 423 g/mol. The summed E-state index contributed by atoms with van der Waals surface area (Å²) in [6.45, 7) is 3.55. The molecule has 0 radical (unpaired) electrons. The molecule has 1 amide bonds. The van der Waals surface area contributed by atoms with Gasteiger partial charge in [0.1, 0.15) is 16.4 Å². The van der Waals surface area contributed by atoms with Crippen molar-refractivity contribution in [3.05, 3.63) is 41.5 Å². The van der Waals surface area contributed by atoms with Crippen LogP contribution in [0.25, 0.3) is 0 Å². The number of carbonyl (C=O) groups excluding carboxylic acids is 1. The number of halogens is 1. The van der Waals surface area contributed by atoms with Crippen molar-refractivity contribution in [3.8, 4) is 0 Å². The summed E-state index contributed by atoms with van der Waals surface area (Å²) in [6.07, 6.45) is 0.0573. The number of hydrogen-bond donors (Lipinski definition) is 0. The molecule has 2 aromatic rings. The molecule has 0 saturated carbocycles. The summed E-state index contributed by atoms with van der Waals surface area (Å²) >= 11 is 0. The lowest BCUT2D eigenvalue weighted by Gasteiger charge is -2.59. The third-order valence-electron chi connectivity index (χ3n) is 5.83. The van der Waals surface area contributed by atoms with Crippen LogP contribution in [-0.2, 0) is 19.6 Å². The fourth-order valence-electron chi connectivity index (χ4n) is 4.51. The predicted octanol–water partition coefficient (Wildman–Crippen LogP) is 2.02. The third kappa shape index (κ3) is 2.89. The van der Waals surface area contributed by atoms with Gasteiger partial charge in [-0.25, -0.2) is 12.8 Å². The number of nitrogens with zero attached hydrogens (tertiary/aromatic N) is 3. The number of amides is 1. The summed E-state index contributed by atoms with van der Waals surface area (Å²) in [4.78, 5) is 14.3. The summed E-state index contributed by atoms with van der Waals surface area (Å²) in [5, 5.41) is 3.74. The second-order valence-electron chi connectivity index (χ2n) is 7.43. The first-order valence-corrected chi connectivity index (χ1v) is 10.7. The molecule has 1 spiro atoms. The maximum absolute atomic E-state index is 13.7. The summed E-state index contributed by atoms with van der Waals surface area (Å²) in [6, 6.07) is 5.83. The number of aryl methyl sites for hydroxylation is 2. The number of piperidine rings is 1. The number of rotatable bonds is 4. The molecule has 0 bridgehead atoms. The van der Waals surface area contributed by atoms with Gasteiger partial charge in [-0.2, -0.15) is 4.31 Å². The molecule has 3 heterocycles. The second-order valence-corrected chi connectivity index (χ2v) is 9.30. The highest BCUT2D eigenvalue weighted by molar-refractivity contribution is 7.89. The van der Waals surface area contributed by atoms with E-state index in [9.17, 15) is 17.6 Å². The first kappa shape index (κ1) is 20.0. The Kier molecular flexibility index (Phi) is 4.75. The number of sulfonamides is 1. The summed E-state index contributed by atoms with van der Waals surface area (Å²) in [7, 11) is -2.31. The minimum Gasteiger partial charge on any atom is -0.369 e. The Morgan fingerprint density at radius 3 is 2.52 bits per heavy atom. The molecular weight excluding hydrogens is 401 g/mol. The summed E-state index contributed by atoms with van der Waals surface area (Å²) < 4.78 is 51.7. The molecule has 8 nitrogen and oxygen atoms in total. The first-order chi connectivity index (χ1) is 13.7. The molecule has 4 rings (SSSR count). The molecule has 0 aliphatic carbocycles. The van der Waals surface area contributed by atoms with E-state index in [-0.39, 0.29) is 29.7 Å². The van der Waals surface area contributed by atoms with Gasteiger partial charge in [-0.1, -0.05) is 11.2 Å². The third-order valence-corrected chi connectivity index (χ3v) is 7.98. The van der Waals surface area contributed by atoms with Crippen LogP contribution in [0, 0.1) is 19.7 Å². The number of benzene rings is 1. The van der Waals surface area contributed by atoms with Crippen LogP contribution >= 0.6 is 0 Å². The van der Waals surface area contributed by atoms with E-state index in [0.29, 0.717) is 24.2 Å². The number of carbonyl (C=O) groups is 1. The normalized spacial score (nSPS) is 22.1. The average Bonchev–Trinajstić information content (AvgIpc) is 3.01. The fraction of sp³-hybridized carbons (Fsp3) is 0.474. The molecule has 0 N–H and O–H groups in total. The Morgan fingerprint density at radius 2 is 1.97 bits per heavy atom. The predicted molar refractivity (Wildman–Crippen MR) is 101 cm³/mol. The molecule has 156 valence electrons. The van der Waals surface area contributed by atoms with E-state index in [4.69, 9.17) is 9.26 Å². The lowest BCUT2D eigenvalue weighted by molar-refractivity contribution is -0.150. The van der Waals surface area contributed by atoms with E-state index in [1.54, 1.807) is 30.9 Å². The maximum atomic E-state index is 13.7. The topological polar surface area (TPSA) is 93.0 Å². The molecule has 2 aliphatic rings. The van der Waals surface area contributed by atoms with Gasteiger partial charge in [0, 0.05) is 25.9 Å². The lowest BCUT2D eigenvalue weighted by atomic mass is 9.73. The molecule has 1 atom stereocenters. The van der Waals surface area contributed by atoms with Crippen LogP contribution in [0.1, 0.15) is 24.3 Å². The fourth-order valence-corrected chi connectivity index (χ4v) is 6.24. The van der Waals surface area contributed by atoms with Gasteiger partial charge in [-0.3, -0.25) is 4.79 Å². The van der Waals surface area contributed by atoms with Crippen LogP contribution in [-0.4, -0.2) is 55.6 Å². The van der Waals surface area contributed by atoms with Crippen molar-refractivity contribution in [2.45, 2.75) is 43.2 Å². The van der Waals surface area contributed by atoms with Gasteiger partial charge >= 0.3 is 0 Å². The number of anilines is 1. The molecule has 1 aromatic heterocycles. The van der Waals surface area contributed by atoms with Gasteiger partial charge in [0.15, 0.2) is 11.9 Å². The highest BCUT2D eigenvalue weighted by Gasteiger charge is 2.62. The SMILES string of the molecule is COC1C(=O)N(c2cccc(F)c2)C12CCN(S(=O)(=O)c1c(C)noc1C)CC2. The van der Waals surface area contributed by atoms with E-state index in [0.717, 1.165) is 0 Å². The van der Waals surface area contributed by atoms with Gasteiger partial charge in [-0.15, -0.1) is 0 Å². The van der Waals surface area contributed by atoms with Crippen molar-refractivity contribution in [2.75, 3.05) is 25.1 Å². The highest BCUT2D eigenvalue weighted by atomic mass is 32.2. The van der Waals surface area contributed by atoms with Crippen molar-refractivity contribution in [1.82, 2.24) is 9.46 Å². The van der Waals surface area contributed by atoms with Crippen LogP contribution in [0.3, 0.4) is 0 Å². The maximum Gasteiger partial charge on any atom is 0.259 e. The van der Waals surface area contributed by atoms with Crippen molar-refractivity contribution >= 4 is 21.6 Å². The van der Waals surface area contributed by atoms with E-state index in [1.165, 1.54) is 23.5 Å². The highest BCUT2D eigenvalue weighted by Crippen LogP contribution is 2.46. The number of aromatic nitrogens is 1. The van der Waals surface area contributed by atoms with Gasteiger partial charge in [-0.05, 0) is 44.9 Å². The van der Waals surface area contributed by atoms with E-state index in [1.807, 2.05) is 0 Å². The molecule has 1 unspecified atom stereocenters. The van der Waals surface area contributed by atoms with Gasteiger partial charge in [0.25, 0.3) is 5.91 Å². The largest absolute Gasteiger partial charge is 0.369 e. The minimum absolute atomic E-state index is 0.0865. The van der Waals surface area contributed by atoms with Crippen molar-refractivity contribution in [2.24, 2.45) is 0 Å². The minimum atomic E-state index is -3.77. The Bertz CT molecular complexity index is 1040. The zero-order valence-electron chi connectivity index (χ0n) is 16.4. The van der Waals surface area contributed by atoms with E-state index >= 15 is 0 Å². The zero-order chi connectivity index (χ0) is 21.0. The van der Waals surface area contributed by atoms with E-state index in [2.05, 4.69) is 5.16 Å². The smallest absolute Gasteiger partial charge is 0.259 e. The molecule has 29 heavy (non-hydrogen) atoms. The molecule has 2 aliphatic heterocycles. The summed E-state index contributed by atoms with van der Waals surface area (Å²) in [5.74, 6) is -0.442. The standard InChI is InChI=1S/C19H22FN3O5S/c1-12-16(13(2)28-21-12)29(25,26)22-9-7-19(8-10-22)17(27-3)18(24)23(19)15-6-4-5-14(20)11-15/h4-6,11,17H,7-10H2,1-3H3. The van der Waals surface area contributed by atoms with Crippen LogP contribution in [0.15, 0.2) is 33.7 Å². The number of β-lactam (4-membered cyclic amide) rings is 1. The number of hydrogen-bond acceptors (Lipinski definition) is 6. The Labute approximate surface area is 168 Å². The lowest BCUT2D eigenvalue weighted by Crippen LogP contribution is -2.77. The molecule has 2 fully saturated rings. The number of methoxy groups -OCH3 is 1. The van der Waals surface area contributed by atoms with Crippen molar-refractivity contribution in [3.63, 3.8) is 0 Å². The van der Waals surface area contributed by atoms with Crippen molar-refractivity contribution < 1.29 is 26.9 Å². The Hall–Kier alpha value is -2.30. The summed E-state index contributed by atoms with van der Waals surface area (Å²) in [5.41, 5.74) is 0.0628. The Balaban J connectivity index is 1.62.